The molecule has 5 heteroatoms. The summed E-state index contributed by atoms with van der Waals surface area (Å²) in [6.07, 6.45) is 7.47. The number of aryl methyl sites for hydroxylation is 1. The highest BCUT2D eigenvalue weighted by atomic mass is 16.5. The first-order chi connectivity index (χ1) is 9.73. The minimum Gasteiger partial charge on any atom is -0.493 e. The van der Waals surface area contributed by atoms with Gasteiger partial charge in [-0.2, -0.15) is 5.10 Å². The Morgan fingerprint density at radius 2 is 1.90 bits per heavy atom. The molecule has 0 aliphatic rings. The maximum atomic E-state index is 5.87. The third-order valence-electron chi connectivity index (χ3n) is 3.76. The van der Waals surface area contributed by atoms with Crippen molar-refractivity contribution in [1.82, 2.24) is 15.2 Å². The van der Waals surface area contributed by atoms with Crippen LogP contribution in [0.4, 0.5) is 0 Å². The van der Waals surface area contributed by atoms with Crippen LogP contribution < -0.4 is 16.0 Å². The lowest BCUT2D eigenvalue weighted by Crippen LogP contribution is -2.35. The fraction of sp³-hybridized carbons (Fsp3) is 0.800. The molecule has 116 valence electrons. The number of nitrogens with one attached hydrogen (secondary N) is 1. The zero-order valence-electron chi connectivity index (χ0n) is 13.4. The highest BCUT2D eigenvalue weighted by molar-refractivity contribution is 5.29. The Balaban J connectivity index is 3.10. The zero-order chi connectivity index (χ0) is 15.0. The van der Waals surface area contributed by atoms with Crippen LogP contribution in [0.2, 0.25) is 0 Å². The second kappa shape index (κ2) is 8.97. The first-order valence-corrected chi connectivity index (χ1v) is 7.79. The molecule has 1 rings (SSSR count). The predicted octanol–water partition coefficient (Wildman–Crippen LogP) is 3.02. The molecule has 5 nitrogen and oxygen atoms in total. The molecule has 1 atom stereocenters. The van der Waals surface area contributed by atoms with Crippen LogP contribution in [0.1, 0.15) is 64.6 Å². The number of aromatic nitrogens is 2. The van der Waals surface area contributed by atoms with Gasteiger partial charge in [0.25, 0.3) is 0 Å². The summed E-state index contributed by atoms with van der Waals surface area (Å²) in [6, 6.07) is 0.0962. The van der Waals surface area contributed by atoms with Gasteiger partial charge in [0.2, 0.25) is 0 Å². The van der Waals surface area contributed by atoms with Crippen molar-refractivity contribution in [3.8, 4) is 5.75 Å². The van der Waals surface area contributed by atoms with Gasteiger partial charge in [-0.1, -0.05) is 33.6 Å². The number of ether oxygens (including phenoxy) is 1. The number of hydrogen-bond donors (Lipinski definition) is 2. The molecular formula is C15H30N4O. The molecule has 0 saturated heterocycles. The minimum absolute atomic E-state index is 0.0962. The smallest absolute Gasteiger partial charge is 0.161 e. The van der Waals surface area contributed by atoms with E-state index in [-0.39, 0.29) is 6.04 Å². The molecule has 0 saturated carbocycles. The molecule has 1 heterocycles. The van der Waals surface area contributed by atoms with E-state index in [0.29, 0.717) is 5.92 Å². The van der Waals surface area contributed by atoms with Crippen molar-refractivity contribution >= 4 is 0 Å². The molecule has 1 aromatic rings. The van der Waals surface area contributed by atoms with Crippen LogP contribution in [0.3, 0.4) is 0 Å². The van der Waals surface area contributed by atoms with E-state index >= 15 is 0 Å². The highest BCUT2D eigenvalue weighted by Crippen LogP contribution is 2.34. The van der Waals surface area contributed by atoms with Gasteiger partial charge in [-0.3, -0.25) is 16.0 Å². The van der Waals surface area contributed by atoms with E-state index in [0.717, 1.165) is 50.1 Å². The number of nitrogens with two attached hydrogens (primary N) is 1. The SMILES string of the molecule is CCCC(CCC)C(NN)c1c(OC)cnn1CCC. The molecule has 20 heavy (non-hydrogen) atoms. The van der Waals surface area contributed by atoms with Gasteiger partial charge in [-0.05, 0) is 25.2 Å². The minimum atomic E-state index is 0.0962. The normalized spacial score (nSPS) is 12.9. The quantitative estimate of drug-likeness (QED) is 0.511. The lowest BCUT2D eigenvalue weighted by atomic mass is 9.88. The summed E-state index contributed by atoms with van der Waals surface area (Å²) in [7, 11) is 1.69. The summed E-state index contributed by atoms with van der Waals surface area (Å²) in [5, 5.41) is 4.44. The first-order valence-electron chi connectivity index (χ1n) is 7.79. The molecule has 1 unspecified atom stereocenters. The van der Waals surface area contributed by atoms with E-state index in [1.165, 1.54) is 0 Å². The van der Waals surface area contributed by atoms with Crippen molar-refractivity contribution in [2.45, 2.75) is 65.5 Å². The fourth-order valence-corrected chi connectivity index (χ4v) is 2.90. The van der Waals surface area contributed by atoms with Crippen molar-refractivity contribution in [3.63, 3.8) is 0 Å². The predicted molar refractivity (Wildman–Crippen MR) is 82.4 cm³/mol. The van der Waals surface area contributed by atoms with Gasteiger partial charge >= 0.3 is 0 Å². The Morgan fingerprint density at radius 3 is 2.35 bits per heavy atom. The van der Waals surface area contributed by atoms with Gasteiger partial charge in [-0.15, -0.1) is 0 Å². The molecule has 0 amide bonds. The van der Waals surface area contributed by atoms with Crippen LogP contribution in [-0.4, -0.2) is 16.9 Å². The topological polar surface area (TPSA) is 65.1 Å². The number of rotatable bonds is 10. The molecule has 0 radical (unpaired) electrons. The largest absolute Gasteiger partial charge is 0.493 e. The lowest BCUT2D eigenvalue weighted by molar-refractivity contribution is 0.292. The molecule has 0 aromatic carbocycles. The van der Waals surface area contributed by atoms with E-state index < -0.39 is 0 Å². The van der Waals surface area contributed by atoms with E-state index in [1.807, 2.05) is 4.68 Å². The molecular weight excluding hydrogens is 252 g/mol. The second-order valence-electron chi connectivity index (χ2n) is 5.30. The standard InChI is InChI=1S/C15H30N4O/c1-5-8-12(9-6-2)14(18-16)15-13(20-4)11-17-19(15)10-7-3/h11-12,14,18H,5-10,16H2,1-4H3. The first kappa shape index (κ1) is 17.0. The summed E-state index contributed by atoms with van der Waals surface area (Å²) >= 11 is 0. The van der Waals surface area contributed by atoms with Crippen LogP contribution in [-0.2, 0) is 6.54 Å². The third-order valence-corrected chi connectivity index (χ3v) is 3.76. The second-order valence-corrected chi connectivity index (χ2v) is 5.30. The van der Waals surface area contributed by atoms with Crippen molar-refractivity contribution in [1.29, 1.82) is 0 Å². The Labute approximate surface area is 122 Å². The van der Waals surface area contributed by atoms with Crippen LogP contribution in [0.5, 0.6) is 5.75 Å². The molecule has 0 bridgehead atoms. The maximum absolute atomic E-state index is 5.87. The van der Waals surface area contributed by atoms with E-state index in [1.54, 1.807) is 13.3 Å². The number of hydrazine groups is 1. The maximum Gasteiger partial charge on any atom is 0.161 e. The van der Waals surface area contributed by atoms with Gasteiger partial charge in [0.1, 0.15) is 0 Å². The average Bonchev–Trinajstić information content (AvgIpc) is 2.84. The Morgan fingerprint density at radius 1 is 1.25 bits per heavy atom. The van der Waals surface area contributed by atoms with Crippen LogP contribution in [0.25, 0.3) is 0 Å². The van der Waals surface area contributed by atoms with Crippen LogP contribution >= 0.6 is 0 Å². The lowest BCUT2D eigenvalue weighted by Gasteiger charge is -2.27. The Kier molecular flexibility index (Phi) is 7.62. The average molecular weight is 282 g/mol. The molecule has 0 fully saturated rings. The zero-order valence-corrected chi connectivity index (χ0v) is 13.4. The summed E-state index contributed by atoms with van der Waals surface area (Å²) in [5.41, 5.74) is 4.09. The molecule has 0 aliphatic carbocycles. The van der Waals surface area contributed by atoms with E-state index in [4.69, 9.17) is 10.6 Å². The van der Waals surface area contributed by atoms with E-state index in [9.17, 15) is 0 Å². The monoisotopic (exact) mass is 282 g/mol. The number of hydrogen-bond acceptors (Lipinski definition) is 4. The van der Waals surface area contributed by atoms with Crippen LogP contribution in [0.15, 0.2) is 6.20 Å². The summed E-state index contributed by atoms with van der Waals surface area (Å²) in [6.45, 7) is 7.48. The Hall–Kier alpha value is -1.07. The summed E-state index contributed by atoms with van der Waals surface area (Å²) in [5.74, 6) is 7.21. The highest BCUT2D eigenvalue weighted by Gasteiger charge is 2.27. The molecule has 0 aliphatic heterocycles. The summed E-state index contributed by atoms with van der Waals surface area (Å²) in [4.78, 5) is 0. The molecule has 3 N–H and O–H groups in total. The van der Waals surface area contributed by atoms with Gasteiger partial charge < -0.3 is 4.74 Å². The van der Waals surface area contributed by atoms with Gasteiger partial charge in [0.05, 0.1) is 25.0 Å². The Bertz CT molecular complexity index is 372. The van der Waals surface area contributed by atoms with Gasteiger partial charge in [-0.25, -0.2) is 0 Å². The van der Waals surface area contributed by atoms with Crippen molar-refractivity contribution in [2.75, 3.05) is 7.11 Å². The van der Waals surface area contributed by atoms with Gasteiger partial charge in [0, 0.05) is 6.54 Å². The molecule has 1 aromatic heterocycles. The van der Waals surface area contributed by atoms with Crippen LogP contribution in [0, 0.1) is 5.92 Å². The van der Waals surface area contributed by atoms with Crippen molar-refractivity contribution in [3.05, 3.63) is 11.9 Å². The fourth-order valence-electron chi connectivity index (χ4n) is 2.90. The summed E-state index contributed by atoms with van der Waals surface area (Å²) < 4.78 is 7.51. The number of nitrogens with zero attached hydrogens (tertiary/aromatic N) is 2. The van der Waals surface area contributed by atoms with Crippen molar-refractivity contribution in [2.24, 2.45) is 11.8 Å². The van der Waals surface area contributed by atoms with E-state index in [2.05, 4.69) is 31.3 Å². The van der Waals surface area contributed by atoms with Gasteiger partial charge in [0.15, 0.2) is 5.75 Å². The van der Waals surface area contributed by atoms with Crippen molar-refractivity contribution < 1.29 is 4.74 Å². The third kappa shape index (κ3) is 3.96. The molecule has 0 spiro atoms. The number of methoxy groups -OCH3 is 1.